The highest BCUT2D eigenvalue weighted by molar-refractivity contribution is 5.19. The summed E-state index contributed by atoms with van der Waals surface area (Å²) in [6.07, 6.45) is 13.5. The van der Waals surface area contributed by atoms with Gasteiger partial charge in [-0.05, 0) is 37.3 Å². The van der Waals surface area contributed by atoms with Crippen LogP contribution in [0.2, 0.25) is 0 Å². The highest BCUT2D eigenvalue weighted by Gasteiger charge is 2.10. The average Bonchev–Trinajstić information content (AvgIpc) is 2.50. The van der Waals surface area contributed by atoms with E-state index in [1.807, 2.05) is 0 Å². The third-order valence-electron chi connectivity index (χ3n) is 4.18. The molecule has 0 aromatic heterocycles. The van der Waals surface area contributed by atoms with Crippen LogP contribution < -0.4 is 5.73 Å². The monoisotopic (exact) mass is 275 g/mol. The molecule has 0 fully saturated rings. The van der Waals surface area contributed by atoms with Gasteiger partial charge in [-0.25, -0.2) is 0 Å². The lowest BCUT2D eigenvalue weighted by atomic mass is 9.89. The maximum atomic E-state index is 5.68. The van der Waals surface area contributed by atoms with Crippen molar-refractivity contribution < 1.29 is 0 Å². The second-order valence-corrected chi connectivity index (χ2v) is 5.95. The number of nitrogens with two attached hydrogens (primary N) is 1. The predicted molar refractivity (Wildman–Crippen MR) is 90.1 cm³/mol. The highest BCUT2D eigenvalue weighted by atomic mass is 14.5. The van der Waals surface area contributed by atoms with Crippen LogP contribution >= 0.6 is 0 Å². The fourth-order valence-electron chi connectivity index (χ4n) is 2.91. The second-order valence-electron chi connectivity index (χ2n) is 5.95. The molecular weight excluding hydrogens is 242 g/mol. The number of hydrogen-bond acceptors (Lipinski definition) is 1. The van der Waals surface area contributed by atoms with Crippen LogP contribution in [0.3, 0.4) is 0 Å². The van der Waals surface area contributed by atoms with Crippen molar-refractivity contribution >= 4 is 0 Å². The molecule has 1 aromatic carbocycles. The van der Waals surface area contributed by atoms with E-state index in [-0.39, 0.29) is 0 Å². The molecule has 1 atom stereocenters. The molecule has 0 aliphatic heterocycles. The van der Waals surface area contributed by atoms with Crippen molar-refractivity contribution in [3.8, 4) is 0 Å². The zero-order chi connectivity index (χ0) is 14.5. The molecule has 0 radical (unpaired) electrons. The Balaban J connectivity index is 2.24. The minimum atomic E-state index is 0.718. The van der Waals surface area contributed by atoms with Crippen molar-refractivity contribution in [2.45, 2.75) is 77.0 Å². The molecule has 114 valence electrons. The van der Waals surface area contributed by atoms with Crippen LogP contribution in [-0.4, -0.2) is 6.54 Å². The Morgan fingerprint density at radius 2 is 1.40 bits per heavy atom. The van der Waals surface area contributed by atoms with Crippen molar-refractivity contribution in [1.82, 2.24) is 0 Å². The Morgan fingerprint density at radius 1 is 0.800 bits per heavy atom. The largest absolute Gasteiger partial charge is 0.330 e. The smallest absolute Gasteiger partial charge is 0.00771 e. The van der Waals surface area contributed by atoms with E-state index in [0.29, 0.717) is 0 Å². The SMILES string of the molecule is CCCCCCCCCC(CCCN)c1ccccc1. The normalized spacial score (nSPS) is 12.5. The summed E-state index contributed by atoms with van der Waals surface area (Å²) in [6, 6.07) is 11.0. The van der Waals surface area contributed by atoms with E-state index in [4.69, 9.17) is 5.73 Å². The molecule has 0 aliphatic rings. The summed E-state index contributed by atoms with van der Waals surface area (Å²) in [6.45, 7) is 3.10. The molecule has 0 heterocycles. The second kappa shape index (κ2) is 12.0. The topological polar surface area (TPSA) is 26.0 Å². The van der Waals surface area contributed by atoms with Crippen LogP contribution in [0.4, 0.5) is 0 Å². The summed E-state index contributed by atoms with van der Waals surface area (Å²) in [5.41, 5.74) is 7.18. The van der Waals surface area contributed by atoms with Gasteiger partial charge in [0.2, 0.25) is 0 Å². The third-order valence-corrected chi connectivity index (χ3v) is 4.18. The average molecular weight is 275 g/mol. The van der Waals surface area contributed by atoms with Crippen LogP contribution in [-0.2, 0) is 0 Å². The van der Waals surface area contributed by atoms with Crippen LogP contribution in [0.25, 0.3) is 0 Å². The lowest BCUT2D eigenvalue weighted by Gasteiger charge is -2.17. The molecule has 20 heavy (non-hydrogen) atoms. The van der Waals surface area contributed by atoms with Crippen molar-refractivity contribution in [2.24, 2.45) is 5.73 Å². The van der Waals surface area contributed by atoms with Gasteiger partial charge in [-0.15, -0.1) is 0 Å². The molecule has 0 bridgehead atoms. The third kappa shape index (κ3) is 7.69. The lowest BCUT2D eigenvalue weighted by Crippen LogP contribution is -2.04. The molecule has 1 aromatic rings. The van der Waals surface area contributed by atoms with Gasteiger partial charge in [0.05, 0.1) is 0 Å². The molecule has 0 saturated carbocycles. The van der Waals surface area contributed by atoms with Crippen LogP contribution in [0.1, 0.15) is 82.6 Å². The van der Waals surface area contributed by atoms with E-state index in [0.717, 1.165) is 18.9 Å². The van der Waals surface area contributed by atoms with Crippen molar-refractivity contribution in [3.63, 3.8) is 0 Å². The van der Waals surface area contributed by atoms with Gasteiger partial charge in [0.1, 0.15) is 0 Å². The molecule has 1 heteroatoms. The van der Waals surface area contributed by atoms with E-state index in [1.165, 1.54) is 63.4 Å². The molecule has 2 N–H and O–H groups in total. The molecule has 1 rings (SSSR count). The molecule has 1 unspecified atom stereocenters. The van der Waals surface area contributed by atoms with Crippen molar-refractivity contribution in [3.05, 3.63) is 35.9 Å². The van der Waals surface area contributed by atoms with E-state index in [2.05, 4.69) is 37.3 Å². The number of unbranched alkanes of at least 4 members (excludes halogenated alkanes) is 6. The van der Waals surface area contributed by atoms with Gasteiger partial charge in [0, 0.05) is 0 Å². The summed E-state index contributed by atoms with van der Waals surface area (Å²) >= 11 is 0. The summed E-state index contributed by atoms with van der Waals surface area (Å²) in [5.74, 6) is 0.718. The molecule has 1 nitrogen and oxygen atoms in total. The quantitative estimate of drug-likeness (QED) is 0.490. The zero-order valence-electron chi connectivity index (χ0n) is 13.3. The lowest BCUT2D eigenvalue weighted by molar-refractivity contribution is 0.504. The van der Waals surface area contributed by atoms with E-state index in [1.54, 1.807) is 0 Å². The van der Waals surface area contributed by atoms with Gasteiger partial charge in [-0.2, -0.15) is 0 Å². The number of benzene rings is 1. The van der Waals surface area contributed by atoms with Crippen LogP contribution in [0.15, 0.2) is 30.3 Å². The summed E-state index contributed by atoms with van der Waals surface area (Å²) in [4.78, 5) is 0. The predicted octanol–water partition coefficient (Wildman–Crippen LogP) is 5.65. The fourth-order valence-corrected chi connectivity index (χ4v) is 2.91. The molecule has 0 amide bonds. The Kier molecular flexibility index (Phi) is 10.3. The first-order valence-corrected chi connectivity index (χ1v) is 8.63. The Bertz CT molecular complexity index is 307. The highest BCUT2D eigenvalue weighted by Crippen LogP contribution is 2.27. The fraction of sp³-hybridized carbons (Fsp3) is 0.684. The zero-order valence-corrected chi connectivity index (χ0v) is 13.3. The van der Waals surface area contributed by atoms with Gasteiger partial charge in [0.15, 0.2) is 0 Å². The standard InChI is InChI=1S/C19H33N/c1-2-3-4-5-6-7-9-13-19(16-12-17-20)18-14-10-8-11-15-18/h8,10-11,14-15,19H,2-7,9,12-13,16-17,20H2,1H3. The molecule has 0 aliphatic carbocycles. The maximum absolute atomic E-state index is 5.68. The first-order chi connectivity index (χ1) is 9.88. The van der Waals surface area contributed by atoms with Crippen molar-refractivity contribution in [2.75, 3.05) is 6.54 Å². The Morgan fingerprint density at radius 3 is 2.05 bits per heavy atom. The van der Waals surface area contributed by atoms with E-state index < -0.39 is 0 Å². The number of hydrogen-bond donors (Lipinski definition) is 1. The van der Waals surface area contributed by atoms with Gasteiger partial charge < -0.3 is 5.73 Å². The van der Waals surface area contributed by atoms with Gasteiger partial charge in [-0.1, -0.05) is 82.2 Å². The first kappa shape index (κ1) is 17.2. The maximum Gasteiger partial charge on any atom is -0.00771 e. The van der Waals surface area contributed by atoms with E-state index in [9.17, 15) is 0 Å². The summed E-state index contributed by atoms with van der Waals surface area (Å²) < 4.78 is 0. The Labute approximate surface area is 126 Å². The van der Waals surface area contributed by atoms with Crippen LogP contribution in [0, 0.1) is 0 Å². The van der Waals surface area contributed by atoms with Gasteiger partial charge in [-0.3, -0.25) is 0 Å². The van der Waals surface area contributed by atoms with Crippen LogP contribution in [0.5, 0.6) is 0 Å². The Hall–Kier alpha value is -0.820. The molecule has 0 saturated heterocycles. The molecule has 0 spiro atoms. The number of rotatable bonds is 12. The molecular formula is C19H33N. The first-order valence-electron chi connectivity index (χ1n) is 8.63. The van der Waals surface area contributed by atoms with Crippen molar-refractivity contribution in [1.29, 1.82) is 0 Å². The minimum Gasteiger partial charge on any atom is -0.330 e. The van der Waals surface area contributed by atoms with Gasteiger partial charge >= 0.3 is 0 Å². The summed E-state index contributed by atoms with van der Waals surface area (Å²) in [7, 11) is 0. The van der Waals surface area contributed by atoms with E-state index >= 15 is 0 Å². The minimum absolute atomic E-state index is 0.718. The summed E-state index contributed by atoms with van der Waals surface area (Å²) in [5, 5.41) is 0. The van der Waals surface area contributed by atoms with Gasteiger partial charge in [0.25, 0.3) is 0 Å².